The average molecular weight is 737 g/mol. The van der Waals surface area contributed by atoms with Crippen LogP contribution in [-0.2, 0) is 0 Å². The zero-order valence-corrected chi connectivity index (χ0v) is 31.3. The van der Waals surface area contributed by atoms with E-state index < -0.39 is 0 Å². The lowest BCUT2D eigenvalue weighted by Crippen LogP contribution is -2.04. The lowest BCUT2D eigenvalue weighted by Gasteiger charge is -2.14. The van der Waals surface area contributed by atoms with Gasteiger partial charge in [-0.3, -0.25) is 4.57 Å². The zero-order valence-electron chi connectivity index (χ0n) is 31.3. The fourth-order valence-electron chi connectivity index (χ4n) is 9.68. The van der Waals surface area contributed by atoms with Gasteiger partial charge in [0.15, 0.2) is 0 Å². The second-order valence-corrected chi connectivity index (χ2v) is 15.3. The van der Waals surface area contributed by atoms with E-state index in [9.17, 15) is 0 Å². The highest BCUT2D eigenvalue weighted by atomic mass is 15.2. The SMILES string of the molecule is c1ccc(-c2ccc(-c3nc(-n4c5ccccc5c5cc6c(cc54)c4cccc5c4n6-c4ccccc4-c4ccccc4-5)nc4c3ccc3ccccc34)cc2)cc1. The number of rotatable bonds is 3. The van der Waals surface area contributed by atoms with Crippen LogP contribution < -0.4 is 0 Å². The van der Waals surface area contributed by atoms with E-state index in [2.05, 4.69) is 203 Å². The van der Waals surface area contributed by atoms with Crippen LogP contribution in [-0.4, -0.2) is 19.1 Å². The van der Waals surface area contributed by atoms with Crippen molar-refractivity contribution in [3.05, 3.63) is 194 Å². The van der Waals surface area contributed by atoms with E-state index in [0.717, 1.165) is 44.0 Å². The summed E-state index contributed by atoms with van der Waals surface area (Å²) in [6.45, 7) is 0. The smallest absolute Gasteiger partial charge is 0.235 e. The molecule has 0 radical (unpaired) electrons. The third-order valence-electron chi connectivity index (χ3n) is 12.3. The lowest BCUT2D eigenvalue weighted by atomic mass is 9.94. The van der Waals surface area contributed by atoms with E-state index in [-0.39, 0.29) is 0 Å². The number of hydrogen-bond donors (Lipinski definition) is 0. The Bertz CT molecular complexity index is 3670. The third kappa shape index (κ3) is 4.34. The maximum absolute atomic E-state index is 5.52. The molecular formula is C54H32N4. The van der Waals surface area contributed by atoms with Gasteiger partial charge in [0.2, 0.25) is 5.95 Å². The van der Waals surface area contributed by atoms with Crippen molar-refractivity contribution in [1.82, 2.24) is 19.1 Å². The van der Waals surface area contributed by atoms with Crippen LogP contribution in [0.15, 0.2) is 194 Å². The summed E-state index contributed by atoms with van der Waals surface area (Å²) in [5.41, 5.74) is 16.0. The van der Waals surface area contributed by atoms with E-state index in [1.165, 1.54) is 71.6 Å². The molecule has 268 valence electrons. The number of fused-ring (bicyclic) bond motifs is 14. The van der Waals surface area contributed by atoms with Crippen molar-refractivity contribution < 1.29 is 0 Å². The van der Waals surface area contributed by atoms with Crippen LogP contribution in [0.3, 0.4) is 0 Å². The Kier molecular flexibility index (Phi) is 6.41. The monoisotopic (exact) mass is 736 g/mol. The molecule has 0 bridgehead atoms. The molecule has 0 amide bonds. The first-order chi connectivity index (χ1) is 28.8. The standard InChI is InChI=1S/C54H32N4/c1-2-13-33(14-3-1)34-25-27-36(28-26-34)51-44-30-29-35-15-4-5-16-37(35)52(44)56-54(55-51)58-48-24-11-9-20-41(48)45-31-49-46(32-50(45)58)43-22-12-21-42-39-18-7-6-17-38(39)40-19-8-10-23-47(40)57(49)53(42)43/h1-32H. The van der Waals surface area contributed by atoms with E-state index in [4.69, 9.17) is 9.97 Å². The first-order valence-electron chi connectivity index (χ1n) is 19.8. The Balaban J connectivity index is 1.13. The summed E-state index contributed by atoms with van der Waals surface area (Å²) in [7, 11) is 0. The van der Waals surface area contributed by atoms with Crippen molar-refractivity contribution in [2.75, 3.05) is 0 Å². The molecule has 4 heteroatoms. The minimum atomic E-state index is 0.654. The molecule has 9 aromatic carbocycles. The molecule has 58 heavy (non-hydrogen) atoms. The highest BCUT2D eigenvalue weighted by molar-refractivity contribution is 6.22. The predicted molar refractivity (Wildman–Crippen MR) is 241 cm³/mol. The van der Waals surface area contributed by atoms with Gasteiger partial charge in [0, 0.05) is 49.0 Å². The topological polar surface area (TPSA) is 35.6 Å². The summed E-state index contributed by atoms with van der Waals surface area (Å²) in [5.74, 6) is 0.654. The van der Waals surface area contributed by atoms with E-state index in [1.54, 1.807) is 0 Å². The van der Waals surface area contributed by atoms with Crippen molar-refractivity contribution in [2.45, 2.75) is 0 Å². The zero-order chi connectivity index (χ0) is 37.9. The minimum Gasteiger partial charge on any atom is -0.308 e. The number of para-hydroxylation sites is 3. The first-order valence-corrected chi connectivity index (χ1v) is 19.8. The molecule has 1 aliphatic rings. The minimum absolute atomic E-state index is 0.654. The lowest BCUT2D eigenvalue weighted by molar-refractivity contribution is 1.02. The highest BCUT2D eigenvalue weighted by Crippen LogP contribution is 2.48. The van der Waals surface area contributed by atoms with Gasteiger partial charge in [-0.15, -0.1) is 0 Å². The summed E-state index contributed by atoms with van der Waals surface area (Å²) >= 11 is 0. The van der Waals surface area contributed by atoms with Gasteiger partial charge in [-0.1, -0.05) is 164 Å². The van der Waals surface area contributed by atoms with E-state index >= 15 is 0 Å². The maximum atomic E-state index is 5.52. The van der Waals surface area contributed by atoms with Gasteiger partial charge in [0.25, 0.3) is 0 Å². The molecule has 0 aliphatic carbocycles. The molecular weight excluding hydrogens is 705 g/mol. The van der Waals surface area contributed by atoms with Gasteiger partial charge in [-0.2, -0.15) is 0 Å². The summed E-state index contributed by atoms with van der Waals surface area (Å²) in [6.07, 6.45) is 0. The second-order valence-electron chi connectivity index (χ2n) is 15.3. The van der Waals surface area contributed by atoms with Gasteiger partial charge in [-0.25, -0.2) is 9.97 Å². The molecule has 3 aromatic heterocycles. The normalized spacial score (nSPS) is 12.1. The van der Waals surface area contributed by atoms with Gasteiger partial charge in [0.1, 0.15) is 0 Å². The Morgan fingerprint density at radius 1 is 0.328 bits per heavy atom. The van der Waals surface area contributed by atoms with Crippen LogP contribution in [0.1, 0.15) is 0 Å². The summed E-state index contributed by atoms with van der Waals surface area (Å²) in [6, 6.07) is 70.2. The molecule has 0 unspecified atom stereocenters. The Hall–Kier alpha value is -7.82. The van der Waals surface area contributed by atoms with Crippen molar-refractivity contribution in [3.63, 3.8) is 0 Å². The summed E-state index contributed by atoms with van der Waals surface area (Å²) in [5, 5.41) is 8.05. The van der Waals surface area contributed by atoms with E-state index in [0.29, 0.717) is 5.95 Å². The van der Waals surface area contributed by atoms with E-state index in [1.807, 2.05) is 0 Å². The van der Waals surface area contributed by atoms with Gasteiger partial charge >= 0.3 is 0 Å². The quantitative estimate of drug-likeness (QED) is 0.169. The molecule has 0 atom stereocenters. The molecule has 0 saturated carbocycles. The highest BCUT2D eigenvalue weighted by Gasteiger charge is 2.26. The molecule has 0 fully saturated rings. The van der Waals surface area contributed by atoms with Crippen molar-refractivity contribution >= 4 is 65.3 Å². The number of benzene rings is 9. The molecule has 4 heterocycles. The molecule has 0 spiro atoms. The van der Waals surface area contributed by atoms with Crippen LogP contribution in [0.5, 0.6) is 0 Å². The van der Waals surface area contributed by atoms with Gasteiger partial charge in [0.05, 0.1) is 39.0 Å². The first kappa shape index (κ1) is 31.4. The number of hydrogen-bond acceptors (Lipinski definition) is 2. The van der Waals surface area contributed by atoms with Crippen LogP contribution in [0.4, 0.5) is 0 Å². The molecule has 1 aliphatic heterocycles. The predicted octanol–water partition coefficient (Wildman–Crippen LogP) is 14.0. The maximum Gasteiger partial charge on any atom is 0.235 e. The Morgan fingerprint density at radius 2 is 0.931 bits per heavy atom. The second kappa shape index (κ2) is 11.8. The number of aromatic nitrogens is 4. The van der Waals surface area contributed by atoms with Crippen molar-refractivity contribution in [2.24, 2.45) is 0 Å². The fourth-order valence-corrected chi connectivity index (χ4v) is 9.68. The Morgan fingerprint density at radius 3 is 1.78 bits per heavy atom. The largest absolute Gasteiger partial charge is 0.308 e. The van der Waals surface area contributed by atoms with Crippen LogP contribution in [0.25, 0.3) is 122 Å². The fraction of sp³-hybridized carbons (Fsp3) is 0. The number of nitrogens with zero attached hydrogens (tertiary/aromatic N) is 4. The molecule has 0 saturated heterocycles. The third-order valence-corrected chi connectivity index (χ3v) is 12.3. The average Bonchev–Trinajstić information content (AvgIpc) is 3.75. The molecule has 0 N–H and O–H groups in total. The van der Waals surface area contributed by atoms with Crippen LogP contribution in [0.2, 0.25) is 0 Å². The van der Waals surface area contributed by atoms with Crippen molar-refractivity contribution in [3.8, 4) is 56.3 Å². The van der Waals surface area contributed by atoms with Crippen molar-refractivity contribution in [1.29, 1.82) is 0 Å². The van der Waals surface area contributed by atoms with Crippen LogP contribution in [0, 0.1) is 0 Å². The van der Waals surface area contributed by atoms with Crippen LogP contribution >= 0.6 is 0 Å². The Labute approximate surface area is 333 Å². The molecule has 12 aromatic rings. The summed E-state index contributed by atoms with van der Waals surface area (Å²) < 4.78 is 4.78. The van der Waals surface area contributed by atoms with Gasteiger partial charge in [-0.05, 0) is 58.0 Å². The molecule has 13 rings (SSSR count). The van der Waals surface area contributed by atoms with Gasteiger partial charge < -0.3 is 4.57 Å². The summed E-state index contributed by atoms with van der Waals surface area (Å²) in [4.78, 5) is 11.0. The molecule has 4 nitrogen and oxygen atoms in total.